The molecule has 6 rings (SSSR count). The first kappa shape index (κ1) is 25.4. The van der Waals surface area contributed by atoms with Gasteiger partial charge in [-0.05, 0) is 83.3 Å². The molecule has 0 spiro atoms. The van der Waals surface area contributed by atoms with E-state index >= 15 is 0 Å². The molecule has 4 aromatic rings. The van der Waals surface area contributed by atoms with Crippen LogP contribution in [0.2, 0.25) is 5.02 Å². The fraction of sp³-hybridized carbons (Fsp3) is 0.233. The van der Waals surface area contributed by atoms with E-state index in [0.717, 1.165) is 29.7 Å². The van der Waals surface area contributed by atoms with Crippen LogP contribution in [-0.2, 0) is 24.2 Å². The van der Waals surface area contributed by atoms with Gasteiger partial charge >= 0.3 is 0 Å². The number of carbonyl (C=O) groups excluding carboxylic acids is 3. The molecular formula is C30H25ClN4O3S. The van der Waals surface area contributed by atoms with Crippen LogP contribution < -0.4 is 5.32 Å². The second-order valence-corrected chi connectivity index (χ2v) is 11.2. The Balaban J connectivity index is 1.24. The number of anilines is 1. The van der Waals surface area contributed by atoms with Gasteiger partial charge in [0.2, 0.25) is 0 Å². The van der Waals surface area contributed by atoms with Crippen molar-refractivity contribution in [2.24, 2.45) is 0 Å². The van der Waals surface area contributed by atoms with E-state index in [2.05, 4.69) is 15.3 Å². The van der Waals surface area contributed by atoms with Crippen molar-refractivity contribution >= 4 is 46.4 Å². The number of halogens is 1. The second kappa shape index (κ2) is 10.7. The van der Waals surface area contributed by atoms with Crippen molar-refractivity contribution in [2.45, 2.75) is 44.2 Å². The molecule has 2 aliphatic rings. The Morgan fingerprint density at radius 1 is 1.05 bits per heavy atom. The maximum atomic E-state index is 13.7. The van der Waals surface area contributed by atoms with Gasteiger partial charge in [-0.3, -0.25) is 19.4 Å². The van der Waals surface area contributed by atoms with Crippen molar-refractivity contribution in [3.05, 3.63) is 110 Å². The molecule has 1 aliphatic heterocycles. The molecule has 1 atom stereocenters. The Labute approximate surface area is 234 Å². The number of nitrogens with zero attached hydrogens (tertiary/aromatic N) is 3. The van der Waals surface area contributed by atoms with Gasteiger partial charge in [-0.2, -0.15) is 0 Å². The van der Waals surface area contributed by atoms with Gasteiger partial charge in [0.1, 0.15) is 5.82 Å². The number of fused-ring (bicyclic) bond motifs is 1. The molecular weight excluding hydrogens is 532 g/mol. The summed E-state index contributed by atoms with van der Waals surface area (Å²) < 4.78 is 0. The number of hydrogen-bond acceptors (Lipinski definition) is 6. The highest BCUT2D eigenvalue weighted by molar-refractivity contribution is 7.12. The molecule has 1 N–H and O–H groups in total. The summed E-state index contributed by atoms with van der Waals surface area (Å²) in [7, 11) is 0. The Morgan fingerprint density at radius 2 is 1.92 bits per heavy atom. The summed E-state index contributed by atoms with van der Waals surface area (Å²) in [6, 6.07) is 15.7. The molecule has 0 bridgehead atoms. The van der Waals surface area contributed by atoms with Gasteiger partial charge in [-0.1, -0.05) is 23.7 Å². The minimum atomic E-state index is -0.668. The molecule has 1 fully saturated rings. The number of thiophene rings is 1. The molecule has 1 aliphatic carbocycles. The average molecular weight is 557 g/mol. The second-order valence-electron chi connectivity index (χ2n) is 9.91. The van der Waals surface area contributed by atoms with Crippen molar-refractivity contribution in [1.29, 1.82) is 0 Å². The molecule has 0 radical (unpaired) electrons. The molecule has 3 aromatic heterocycles. The summed E-state index contributed by atoms with van der Waals surface area (Å²) in [5.41, 5.74) is 3.70. The molecule has 196 valence electrons. The number of Topliss-reactive ketones (excluding diaryl/α,β-unsaturated/α-hetero) is 1. The Kier molecular flexibility index (Phi) is 6.97. The monoisotopic (exact) mass is 556 g/mol. The number of hydrogen-bond donors (Lipinski definition) is 1. The lowest BCUT2D eigenvalue weighted by atomic mass is 10.0. The van der Waals surface area contributed by atoms with Gasteiger partial charge in [0, 0.05) is 37.5 Å². The molecule has 2 amide bonds. The average Bonchev–Trinajstić information content (AvgIpc) is 3.70. The number of amides is 2. The summed E-state index contributed by atoms with van der Waals surface area (Å²) >= 11 is 7.91. The van der Waals surface area contributed by atoms with Crippen LogP contribution in [0.1, 0.15) is 61.2 Å². The maximum Gasteiger partial charge on any atom is 0.265 e. The fourth-order valence-corrected chi connectivity index (χ4v) is 6.11. The van der Waals surface area contributed by atoms with Crippen LogP contribution in [0.5, 0.6) is 0 Å². The van der Waals surface area contributed by atoms with E-state index in [-0.39, 0.29) is 35.6 Å². The molecule has 39 heavy (non-hydrogen) atoms. The molecule has 9 heteroatoms. The maximum absolute atomic E-state index is 13.7. The first-order chi connectivity index (χ1) is 19.0. The number of nitrogens with one attached hydrogen (secondary N) is 1. The van der Waals surface area contributed by atoms with Gasteiger partial charge in [0.15, 0.2) is 5.78 Å². The number of carbonyl (C=O) groups is 3. The van der Waals surface area contributed by atoms with Crippen LogP contribution in [-0.4, -0.2) is 38.5 Å². The van der Waals surface area contributed by atoms with Crippen molar-refractivity contribution in [3.63, 3.8) is 0 Å². The zero-order chi connectivity index (χ0) is 26.9. The number of rotatable bonds is 7. The van der Waals surface area contributed by atoms with Crippen molar-refractivity contribution < 1.29 is 14.4 Å². The first-order valence-electron chi connectivity index (χ1n) is 12.8. The van der Waals surface area contributed by atoms with Gasteiger partial charge in [-0.25, -0.2) is 4.98 Å². The Bertz CT molecular complexity index is 1570. The van der Waals surface area contributed by atoms with E-state index in [9.17, 15) is 14.4 Å². The van der Waals surface area contributed by atoms with Crippen molar-refractivity contribution in [3.8, 4) is 0 Å². The first-order valence-corrected chi connectivity index (χ1v) is 14.1. The summed E-state index contributed by atoms with van der Waals surface area (Å²) in [4.78, 5) is 50.8. The Hall–Kier alpha value is -3.88. The lowest BCUT2D eigenvalue weighted by Gasteiger charge is -2.29. The third-order valence-electron chi connectivity index (χ3n) is 7.15. The van der Waals surface area contributed by atoms with Crippen LogP contribution in [0.4, 0.5) is 5.82 Å². The van der Waals surface area contributed by atoms with E-state index in [1.165, 1.54) is 16.9 Å². The highest BCUT2D eigenvalue weighted by Crippen LogP contribution is 2.40. The van der Waals surface area contributed by atoms with Gasteiger partial charge in [-0.15, -0.1) is 11.3 Å². The van der Waals surface area contributed by atoms with Gasteiger partial charge in [0.05, 0.1) is 21.5 Å². The van der Waals surface area contributed by atoms with Gasteiger partial charge < -0.3 is 10.2 Å². The molecule has 4 heterocycles. The lowest BCUT2D eigenvalue weighted by molar-refractivity contribution is -0.122. The minimum Gasteiger partial charge on any atom is -0.323 e. The largest absolute Gasteiger partial charge is 0.323 e. The molecule has 0 unspecified atom stereocenters. The van der Waals surface area contributed by atoms with Crippen LogP contribution >= 0.6 is 22.9 Å². The minimum absolute atomic E-state index is 0.0332. The van der Waals surface area contributed by atoms with Crippen LogP contribution in [0, 0.1) is 0 Å². The van der Waals surface area contributed by atoms with Crippen LogP contribution in [0.3, 0.4) is 0 Å². The molecule has 1 saturated carbocycles. The zero-order valence-corrected chi connectivity index (χ0v) is 22.5. The topological polar surface area (TPSA) is 92.3 Å². The predicted octanol–water partition coefficient (Wildman–Crippen LogP) is 5.70. The van der Waals surface area contributed by atoms with E-state index in [1.807, 2.05) is 41.8 Å². The summed E-state index contributed by atoms with van der Waals surface area (Å²) in [5.74, 6) is 0.457. The highest BCUT2D eigenvalue weighted by atomic mass is 35.5. The third kappa shape index (κ3) is 5.48. The smallest absolute Gasteiger partial charge is 0.265 e. The van der Waals surface area contributed by atoms with Gasteiger partial charge in [0.25, 0.3) is 11.8 Å². The molecule has 7 nitrogen and oxygen atoms in total. The van der Waals surface area contributed by atoms with E-state index in [4.69, 9.17) is 11.6 Å². The van der Waals surface area contributed by atoms with E-state index in [1.54, 1.807) is 35.5 Å². The summed E-state index contributed by atoms with van der Waals surface area (Å²) in [6.45, 7) is 0.173. The normalized spacial score (nSPS) is 17.1. The lowest BCUT2D eigenvalue weighted by Crippen LogP contribution is -2.44. The van der Waals surface area contributed by atoms with E-state index in [0.29, 0.717) is 28.6 Å². The molecule has 0 saturated heterocycles. The Morgan fingerprint density at radius 3 is 2.69 bits per heavy atom. The summed E-state index contributed by atoms with van der Waals surface area (Å²) in [5, 5.41) is 4.94. The SMILES string of the molecule is O=C(Nc1cc(C2CC2)ccn1)c1ccc(CN2C(=O)c3sccc3CC(=O)[C@H]2Cc2ccccn2)cc1Cl. The molecule has 1 aromatic carbocycles. The van der Waals surface area contributed by atoms with Crippen molar-refractivity contribution in [2.75, 3.05) is 5.32 Å². The number of benzene rings is 1. The number of ketones is 1. The van der Waals surface area contributed by atoms with Crippen LogP contribution in [0.25, 0.3) is 0 Å². The van der Waals surface area contributed by atoms with Crippen LogP contribution in [0.15, 0.2) is 72.4 Å². The quantitative estimate of drug-likeness (QED) is 0.315. The fourth-order valence-electron chi connectivity index (χ4n) is 4.94. The predicted molar refractivity (Wildman–Crippen MR) is 150 cm³/mol. The number of pyridine rings is 2. The van der Waals surface area contributed by atoms with E-state index < -0.39 is 6.04 Å². The zero-order valence-electron chi connectivity index (χ0n) is 21.0. The third-order valence-corrected chi connectivity index (χ3v) is 8.41. The summed E-state index contributed by atoms with van der Waals surface area (Å²) in [6.07, 6.45) is 6.23. The highest BCUT2D eigenvalue weighted by Gasteiger charge is 2.36. The van der Waals surface area contributed by atoms with Crippen molar-refractivity contribution in [1.82, 2.24) is 14.9 Å². The standard InChI is InChI=1S/C30H25ClN4O3S/c31-24-13-18(4-7-23(24)29(37)34-27-15-20(8-11-33-27)19-5-6-19)17-35-25(16-22-3-1-2-10-32-22)26(36)14-21-9-12-39-28(21)30(35)38/h1-4,7-13,15,19,25H,5-6,14,16-17H2,(H,33,34,37)/t25-/m1/s1. The number of aromatic nitrogens is 2.